The Morgan fingerprint density at radius 2 is 1.76 bits per heavy atom. The molecule has 1 aromatic rings. The van der Waals surface area contributed by atoms with Gasteiger partial charge >= 0.3 is 8.25 Å². The highest BCUT2D eigenvalue weighted by Crippen LogP contribution is 2.20. The van der Waals surface area contributed by atoms with Crippen molar-refractivity contribution in [2.24, 2.45) is 0 Å². The Morgan fingerprint density at radius 1 is 1.19 bits per heavy atom. The number of halogens is 1. The number of hydrogen-bond acceptors (Lipinski definition) is 5. The topological polar surface area (TPSA) is 87.1 Å². The van der Waals surface area contributed by atoms with Crippen LogP contribution in [0.3, 0.4) is 0 Å². The summed E-state index contributed by atoms with van der Waals surface area (Å²) in [6, 6.07) is 5.98. The van der Waals surface area contributed by atoms with Crippen molar-refractivity contribution >= 4 is 24.0 Å². The molecule has 21 heavy (non-hydrogen) atoms. The maximum Gasteiger partial charge on any atom is 0.317 e. The van der Waals surface area contributed by atoms with Crippen LogP contribution < -0.4 is 4.90 Å². The van der Waals surface area contributed by atoms with Crippen molar-refractivity contribution in [1.82, 2.24) is 4.31 Å². The van der Waals surface area contributed by atoms with Crippen LogP contribution in [-0.4, -0.2) is 49.7 Å². The quantitative estimate of drug-likeness (QED) is 0.793. The van der Waals surface area contributed by atoms with E-state index in [0.29, 0.717) is 13.1 Å². The summed E-state index contributed by atoms with van der Waals surface area (Å²) in [5.74, 6) is -1.12. The molecule has 10 heteroatoms. The van der Waals surface area contributed by atoms with E-state index in [9.17, 15) is 17.4 Å². The lowest BCUT2D eigenvalue weighted by atomic mass is 10.2. The molecule has 1 aliphatic rings. The number of benzene rings is 1. The van der Waals surface area contributed by atoms with Gasteiger partial charge in [0.2, 0.25) is 10.0 Å². The Hall–Kier alpha value is -0.990. The van der Waals surface area contributed by atoms with Crippen LogP contribution in [0.15, 0.2) is 24.3 Å². The molecule has 0 bridgehead atoms. The van der Waals surface area contributed by atoms with Crippen LogP contribution in [0.5, 0.6) is 0 Å². The maximum atomic E-state index is 12.9. The second kappa shape index (κ2) is 6.85. The molecule has 0 radical (unpaired) electrons. The third-order valence-electron chi connectivity index (χ3n) is 3.16. The molecule has 0 amide bonds. The molecule has 1 saturated heterocycles. The summed E-state index contributed by atoms with van der Waals surface area (Å²) in [6.07, 6.45) is 0. The molecule has 0 saturated carbocycles. The zero-order valence-corrected chi connectivity index (χ0v) is 12.9. The van der Waals surface area contributed by atoms with Crippen LogP contribution in [0.2, 0.25) is 0 Å². The van der Waals surface area contributed by atoms with E-state index in [4.69, 9.17) is 4.89 Å². The van der Waals surface area contributed by atoms with Gasteiger partial charge in [0.05, 0.1) is 0 Å². The molecule has 1 aliphatic heterocycles. The number of sulfonamides is 1. The molecule has 1 aromatic carbocycles. The molecule has 1 atom stereocenters. The van der Waals surface area contributed by atoms with Crippen molar-refractivity contribution in [3.05, 3.63) is 30.1 Å². The van der Waals surface area contributed by atoms with Gasteiger partial charge in [-0.25, -0.2) is 12.8 Å². The average Bonchev–Trinajstić information content (AvgIpc) is 2.46. The minimum absolute atomic E-state index is 0.245. The summed E-state index contributed by atoms with van der Waals surface area (Å²) in [7, 11) is -6.97. The summed E-state index contributed by atoms with van der Waals surface area (Å²) in [4.78, 5) is 10.5. The first-order valence-electron chi connectivity index (χ1n) is 6.22. The molecule has 1 unspecified atom stereocenters. The Balaban J connectivity index is 1.93. The van der Waals surface area contributed by atoms with E-state index in [0.717, 1.165) is 5.69 Å². The van der Waals surface area contributed by atoms with E-state index in [1.165, 1.54) is 16.4 Å². The third kappa shape index (κ3) is 4.49. The van der Waals surface area contributed by atoms with Gasteiger partial charge in [-0.3, -0.25) is 9.09 Å². The molecule has 1 fully saturated rings. The molecule has 1 heterocycles. The van der Waals surface area contributed by atoms with Crippen molar-refractivity contribution in [1.29, 1.82) is 0 Å². The van der Waals surface area contributed by atoms with Gasteiger partial charge in [0.25, 0.3) is 0 Å². The van der Waals surface area contributed by atoms with Gasteiger partial charge in [-0.1, -0.05) is 0 Å². The number of hydrogen-bond donors (Lipinski definition) is 1. The lowest BCUT2D eigenvalue weighted by Gasteiger charge is -2.35. The van der Waals surface area contributed by atoms with Crippen molar-refractivity contribution < 1.29 is 26.8 Å². The smallest absolute Gasteiger partial charge is 0.317 e. The van der Waals surface area contributed by atoms with Gasteiger partial charge in [0.15, 0.2) is 5.94 Å². The van der Waals surface area contributed by atoms with Gasteiger partial charge in [-0.05, 0) is 24.3 Å². The molecule has 1 N–H and O–H groups in total. The van der Waals surface area contributed by atoms with Crippen LogP contribution in [0.1, 0.15) is 0 Å². The summed E-state index contributed by atoms with van der Waals surface area (Å²) in [5, 5.41) is 0. The first-order valence-corrected chi connectivity index (χ1v) is 9.10. The minimum atomic E-state index is -3.70. The van der Waals surface area contributed by atoms with Gasteiger partial charge in [-0.2, -0.15) is 4.31 Å². The minimum Gasteiger partial charge on any atom is -0.369 e. The van der Waals surface area contributed by atoms with E-state index >= 15 is 0 Å². The van der Waals surface area contributed by atoms with Gasteiger partial charge in [0.1, 0.15) is 5.82 Å². The zero-order chi connectivity index (χ0) is 15.5. The maximum absolute atomic E-state index is 12.9. The normalized spacial score (nSPS) is 18.7. The first-order chi connectivity index (χ1) is 9.88. The van der Waals surface area contributed by atoms with Gasteiger partial charge in [0, 0.05) is 31.9 Å². The molecule has 0 spiro atoms. The summed E-state index contributed by atoms with van der Waals surface area (Å²) >= 11 is 0. The predicted molar refractivity (Wildman–Crippen MR) is 76.3 cm³/mol. The van der Waals surface area contributed by atoms with Crippen LogP contribution >= 0.6 is 8.25 Å². The highest BCUT2D eigenvalue weighted by atomic mass is 32.2. The third-order valence-corrected chi connectivity index (χ3v) is 5.32. The summed E-state index contributed by atoms with van der Waals surface area (Å²) in [5.41, 5.74) is 0.824. The molecule has 0 aromatic heterocycles. The summed E-state index contributed by atoms with van der Waals surface area (Å²) in [6.45, 7) is 1.41. The van der Waals surface area contributed by atoms with E-state index in [1.807, 2.05) is 4.90 Å². The number of rotatable bonds is 5. The highest BCUT2D eigenvalue weighted by Gasteiger charge is 2.27. The molecular weight excluding hydrogens is 322 g/mol. The van der Waals surface area contributed by atoms with Crippen molar-refractivity contribution in [3.63, 3.8) is 0 Å². The molecule has 7 nitrogen and oxygen atoms in total. The second-order valence-corrected chi connectivity index (χ2v) is 7.24. The number of piperazine rings is 1. The van der Waals surface area contributed by atoms with E-state index in [1.54, 1.807) is 12.1 Å². The van der Waals surface area contributed by atoms with Crippen LogP contribution in [-0.2, 0) is 19.1 Å². The average molecular weight is 338 g/mol. The molecule has 0 aliphatic carbocycles. The van der Waals surface area contributed by atoms with E-state index in [-0.39, 0.29) is 18.9 Å². The largest absolute Gasteiger partial charge is 0.369 e. The zero-order valence-electron chi connectivity index (χ0n) is 11.1. The fraction of sp³-hybridized carbons (Fsp3) is 0.455. The number of nitrogens with zero attached hydrogens (tertiary/aromatic N) is 2. The van der Waals surface area contributed by atoms with Crippen LogP contribution in [0.25, 0.3) is 0 Å². The monoisotopic (exact) mass is 338 g/mol. The van der Waals surface area contributed by atoms with Gasteiger partial charge < -0.3 is 9.79 Å². The lowest BCUT2D eigenvalue weighted by Crippen LogP contribution is -2.49. The Bertz CT molecular complexity index is 602. The van der Waals surface area contributed by atoms with E-state index < -0.39 is 24.2 Å². The number of anilines is 1. The molecular formula is C11H16FN2O5PS. The highest BCUT2D eigenvalue weighted by molar-refractivity contribution is 7.89. The van der Waals surface area contributed by atoms with Crippen LogP contribution in [0.4, 0.5) is 10.1 Å². The molecule has 2 rings (SSSR count). The van der Waals surface area contributed by atoms with Crippen molar-refractivity contribution in [2.45, 2.75) is 0 Å². The Morgan fingerprint density at radius 3 is 2.29 bits per heavy atom. The fourth-order valence-corrected chi connectivity index (χ4v) is 3.94. The second-order valence-electron chi connectivity index (χ2n) is 4.50. The summed E-state index contributed by atoms with van der Waals surface area (Å²) < 4.78 is 52.6. The van der Waals surface area contributed by atoms with Crippen molar-refractivity contribution in [2.75, 3.05) is 37.0 Å². The Labute approximate surface area is 122 Å². The Kier molecular flexibility index (Phi) is 5.34. The van der Waals surface area contributed by atoms with Gasteiger partial charge in [-0.15, -0.1) is 0 Å². The SMILES string of the molecule is O=[PH](O)OCS(=O)(=O)N1CCN(c2ccc(F)cc2)CC1. The molecule has 118 valence electrons. The van der Waals surface area contributed by atoms with Crippen molar-refractivity contribution in [3.8, 4) is 0 Å². The first kappa shape index (κ1) is 16.4. The van der Waals surface area contributed by atoms with E-state index in [2.05, 4.69) is 4.52 Å². The fourth-order valence-electron chi connectivity index (χ4n) is 2.08. The van der Waals surface area contributed by atoms with Crippen LogP contribution in [0, 0.1) is 5.82 Å². The predicted octanol–water partition coefficient (Wildman–Crippen LogP) is 0.634. The lowest BCUT2D eigenvalue weighted by molar-refractivity contribution is 0.305. The standard InChI is InChI=1S/C11H16FN2O5PS/c12-10-1-3-11(4-2-10)13-5-7-14(8-6-13)21(17,18)9-19-20(15)16/h1-4,20H,5-9H2,(H,15,16).